The Bertz CT molecular complexity index is 229. The first-order valence-electron chi connectivity index (χ1n) is 7.51. The molecule has 2 aliphatic heterocycles. The molecule has 2 unspecified atom stereocenters. The summed E-state index contributed by atoms with van der Waals surface area (Å²) >= 11 is 0. The molecule has 4 nitrogen and oxygen atoms in total. The average Bonchev–Trinajstić information content (AvgIpc) is 2.40. The van der Waals surface area contributed by atoms with Crippen molar-refractivity contribution in [3.05, 3.63) is 0 Å². The van der Waals surface area contributed by atoms with Crippen molar-refractivity contribution in [2.75, 3.05) is 59.5 Å². The molecule has 2 atom stereocenters. The number of hydrogen-bond acceptors (Lipinski definition) is 4. The van der Waals surface area contributed by atoms with Gasteiger partial charge in [0.1, 0.15) is 0 Å². The zero-order valence-electron chi connectivity index (χ0n) is 12.0. The number of likely N-dealkylation sites (N-methyl/N-ethyl adjacent to an activating group) is 1. The van der Waals surface area contributed by atoms with Crippen LogP contribution in [0.25, 0.3) is 0 Å². The van der Waals surface area contributed by atoms with Crippen LogP contribution >= 0.6 is 0 Å². The lowest BCUT2D eigenvalue weighted by molar-refractivity contribution is 0.0103. The Morgan fingerprint density at radius 3 is 2.72 bits per heavy atom. The van der Waals surface area contributed by atoms with Crippen LogP contribution in [0.4, 0.5) is 0 Å². The Morgan fingerprint density at radius 1 is 1.22 bits per heavy atom. The monoisotopic (exact) mass is 255 g/mol. The molecular weight excluding hydrogens is 226 g/mol. The molecule has 2 heterocycles. The van der Waals surface area contributed by atoms with Crippen molar-refractivity contribution in [3.8, 4) is 0 Å². The van der Waals surface area contributed by atoms with E-state index in [0.29, 0.717) is 12.0 Å². The predicted octanol–water partition coefficient (Wildman–Crippen LogP) is 0.639. The van der Waals surface area contributed by atoms with E-state index in [-0.39, 0.29) is 0 Å². The maximum Gasteiger partial charge on any atom is 0.0521 e. The number of ether oxygens (including phenoxy) is 1. The molecule has 0 aromatic carbocycles. The van der Waals surface area contributed by atoms with Crippen LogP contribution in [-0.4, -0.2) is 75.4 Å². The van der Waals surface area contributed by atoms with Gasteiger partial charge in [-0.05, 0) is 26.4 Å². The molecule has 2 rings (SSSR count). The first-order valence-corrected chi connectivity index (χ1v) is 7.51. The predicted molar refractivity (Wildman–Crippen MR) is 74.9 cm³/mol. The smallest absolute Gasteiger partial charge is 0.0521 e. The maximum absolute atomic E-state index is 5.68. The summed E-state index contributed by atoms with van der Waals surface area (Å²) in [7, 11) is 2.21. The van der Waals surface area contributed by atoms with E-state index in [1.165, 1.54) is 45.6 Å². The van der Waals surface area contributed by atoms with Crippen molar-refractivity contribution in [1.29, 1.82) is 0 Å². The van der Waals surface area contributed by atoms with Crippen molar-refractivity contribution in [3.63, 3.8) is 0 Å². The summed E-state index contributed by atoms with van der Waals surface area (Å²) in [6, 6.07) is 0.665. The molecule has 2 aliphatic rings. The van der Waals surface area contributed by atoms with E-state index in [0.717, 1.165) is 19.8 Å². The van der Waals surface area contributed by atoms with Gasteiger partial charge in [0, 0.05) is 51.3 Å². The van der Waals surface area contributed by atoms with Crippen LogP contribution in [-0.2, 0) is 4.74 Å². The fourth-order valence-corrected chi connectivity index (χ4v) is 2.94. The van der Waals surface area contributed by atoms with Crippen molar-refractivity contribution in [2.24, 2.45) is 5.92 Å². The van der Waals surface area contributed by atoms with Crippen LogP contribution in [0.1, 0.15) is 19.8 Å². The molecule has 0 spiro atoms. The molecule has 0 aromatic heterocycles. The first kappa shape index (κ1) is 14.3. The molecule has 1 N–H and O–H groups in total. The van der Waals surface area contributed by atoms with Crippen LogP contribution in [0.5, 0.6) is 0 Å². The minimum absolute atomic E-state index is 0.665. The van der Waals surface area contributed by atoms with Crippen LogP contribution in [0.3, 0.4) is 0 Å². The lowest BCUT2D eigenvalue weighted by Crippen LogP contribution is -2.52. The molecule has 0 amide bonds. The van der Waals surface area contributed by atoms with Crippen LogP contribution in [0.2, 0.25) is 0 Å². The van der Waals surface area contributed by atoms with Crippen LogP contribution in [0.15, 0.2) is 0 Å². The quantitative estimate of drug-likeness (QED) is 0.780. The second kappa shape index (κ2) is 7.43. The van der Waals surface area contributed by atoms with Crippen LogP contribution in [0, 0.1) is 5.92 Å². The molecular formula is C14H29N3O. The second-order valence-electron chi connectivity index (χ2n) is 5.79. The maximum atomic E-state index is 5.68. The van der Waals surface area contributed by atoms with E-state index in [1.807, 2.05) is 0 Å². The van der Waals surface area contributed by atoms with Crippen molar-refractivity contribution in [2.45, 2.75) is 25.8 Å². The Kier molecular flexibility index (Phi) is 5.89. The standard InChI is InChI=1S/C14H29N3O/c1-3-5-15-14-4-10-18-12-13(14)11-17-8-6-16(2)7-9-17/h13-15H,3-12H2,1-2H3. The highest BCUT2D eigenvalue weighted by molar-refractivity contribution is 4.83. The Morgan fingerprint density at radius 2 is 2.00 bits per heavy atom. The SMILES string of the molecule is CCCNC1CCOCC1CN1CCN(C)CC1. The van der Waals surface area contributed by atoms with Gasteiger partial charge in [-0.25, -0.2) is 0 Å². The van der Waals surface area contributed by atoms with Gasteiger partial charge in [0.2, 0.25) is 0 Å². The molecule has 4 heteroatoms. The first-order chi connectivity index (χ1) is 8.79. The molecule has 18 heavy (non-hydrogen) atoms. The van der Waals surface area contributed by atoms with Gasteiger partial charge in [0.15, 0.2) is 0 Å². The summed E-state index contributed by atoms with van der Waals surface area (Å²) in [5, 5.41) is 3.70. The van der Waals surface area contributed by atoms with E-state index < -0.39 is 0 Å². The third kappa shape index (κ3) is 4.19. The van der Waals surface area contributed by atoms with E-state index in [4.69, 9.17) is 4.74 Å². The zero-order chi connectivity index (χ0) is 12.8. The van der Waals surface area contributed by atoms with Gasteiger partial charge in [0.05, 0.1) is 6.61 Å². The molecule has 0 aliphatic carbocycles. The van der Waals surface area contributed by atoms with E-state index in [2.05, 4.69) is 29.1 Å². The van der Waals surface area contributed by atoms with Crippen molar-refractivity contribution >= 4 is 0 Å². The molecule has 0 aromatic rings. The largest absolute Gasteiger partial charge is 0.381 e. The number of piperazine rings is 1. The van der Waals surface area contributed by atoms with E-state index in [1.54, 1.807) is 0 Å². The summed E-state index contributed by atoms with van der Waals surface area (Å²) in [5.74, 6) is 0.675. The summed E-state index contributed by atoms with van der Waals surface area (Å²) in [4.78, 5) is 5.03. The topological polar surface area (TPSA) is 27.7 Å². The average molecular weight is 255 g/mol. The fourth-order valence-electron chi connectivity index (χ4n) is 2.94. The zero-order valence-corrected chi connectivity index (χ0v) is 12.0. The molecule has 0 saturated carbocycles. The molecule has 0 bridgehead atoms. The summed E-state index contributed by atoms with van der Waals surface area (Å²) in [6.07, 6.45) is 2.40. The summed E-state index contributed by atoms with van der Waals surface area (Å²) < 4.78 is 5.68. The fraction of sp³-hybridized carbons (Fsp3) is 1.00. The summed E-state index contributed by atoms with van der Waals surface area (Å²) in [5.41, 5.74) is 0. The molecule has 2 fully saturated rings. The van der Waals surface area contributed by atoms with Gasteiger partial charge in [-0.2, -0.15) is 0 Å². The van der Waals surface area contributed by atoms with Crippen molar-refractivity contribution in [1.82, 2.24) is 15.1 Å². The highest BCUT2D eigenvalue weighted by atomic mass is 16.5. The van der Waals surface area contributed by atoms with Gasteiger partial charge >= 0.3 is 0 Å². The van der Waals surface area contributed by atoms with Crippen molar-refractivity contribution < 1.29 is 4.74 Å². The minimum atomic E-state index is 0.665. The van der Waals surface area contributed by atoms with Crippen LogP contribution < -0.4 is 5.32 Å². The van der Waals surface area contributed by atoms with Gasteiger partial charge in [0.25, 0.3) is 0 Å². The number of hydrogen-bond donors (Lipinski definition) is 1. The number of rotatable bonds is 5. The normalized spacial score (nSPS) is 31.7. The van der Waals surface area contributed by atoms with Gasteiger partial charge < -0.3 is 19.9 Å². The third-order valence-corrected chi connectivity index (χ3v) is 4.22. The molecule has 106 valence electrons. The number of nitrogens with zero attached hydrogens (tertiary/aromatic N) is 2. The van der Waals surface area contributed by atoms with E-state index >= 15 is 0 Å². The minimum Gasteiger partial charge on any atom is -0.381 e. The molecule has 0 radical (unpaired) electrons. The molecule has 2 saturated heterocycles. The second-order valence-corrected chi connectivity index (χ2v) is 5.79. The third-order valence-electron chi connectivity index (χ3n) is 4.22. The van der Waals surface area contributed by atoms with Gasteiger partial charge in [-0.15, -0.1) is 0 Å². The van der Waals surface area contributed by atoms with Gasteiger partial charge in [-0.3, -0.25) is 0 Å². The summed E-state index contributed by atoms with van der Waals surface area (Å²) in [6.45, 7) is 11.3. The Hall–Kier alpha value is -0.160. The lowest BCUT2D eigenvalue weighted by Gasteiger charge is -2.39. The Labute approximate surface area is 112 Å². The van der Waals surface area contributed by atoms with E-state index in [9.17, 15) is 0 Å². The number of nitrogens with one attached hydrogen (secondary N) is 1. The highest BCUT2D eigenvalue weighted by Crippen LogP contribution is 2.17. The van der Waals surface area contributed by atoms with Gasteiger partial charge in [-0.1, -0.05) is 6.92 Å². The highest BCUT2D eigenvalue weighted by Gasteiger charge is 2.27. The Balaban J connectivity index is 1.77. The lowest BCUT2D eigenvalue weighted by atomic mass is 9.94.